The predicted octanol–water partition coefficient (Wildman–Crippen LogP) is 5.22. The van der Waals surface area contributed by atoms with Gasteiger partial charge in [0.2, 0.25) is 0 Å². The summed E-state index contributed by atoms with van der Waals surface area (Å²) in [5, 5.41) is 3.06. The molecule has 0 radical (unpaired) electrons. The number of benzene rings is 1. The number of aromatic nitrogens is 1. The van der Waals surface area contributed by atoms with Crippen LogP contribution in [0.25, 0.3) is 10.2 Å². The fraction of sp³-hybridized carbons (Fsp3) is 0.286. The van der Waals surface area contributed by atoms with Crippen LogP contribution in [0.4, 0.5) is 0 Å². The van der Waals surface area contributed by atoms with Crippen LogP contribution < -0.4 is 5.32 Å². The molecular formula is C21H24N2OS. The first kappa shape index (κ1) is 17.5. The fourth-order valence-corrected chi connectivity index (χ4v) is 3.88. The molecule has 25 heavy (non-hydrogen) atoms. The summed E-state index contributed by atoms with van der Waals surface area (Å²) in [5.41, 5.74) is 5.44. The van der Waals surface area contributed by atoms with Crippen LogP contribution in [-0.2, 0) is 13.1 Å². The van der Waals surface area contributed by atoms with Crippen LogP contribution >= 0.6 is 11.3 Å². The predicted molar refractivity (Wildman–Crippen MR) is 106 cm³/mol. The standard InChI is InChI=1S/C21H24N2OS/c1-14(2)8-9-23-18-11-16(4)25-20(18)12-19(23)21(24)22-13-17-7-5-6-15(3)10-17/h5-8,10-12H,9,13H2,1-4H3,(H,22,24). The molecular weight excluding hydrogens is 328 g/mol. The van der Waals surface area contributed by atoms with Crippen molar-refractivity contribution in [3.63, 3.8) is 0 Å². The largest absolute Gasteiger partial charge is 0.347 e. The third-order valence-corrected chi connectivity index (χ3v) is 5.15. The smallest absolute Gasteiger partial charge is 0.268 e. The summed E-state index contributed by atoms with van der Waals surface area (Å²) in [6.45, 7) is 9.59. The molecule has 0 unspecified atom stereocenters. The monoisotopic (exact) mass is 352 g/mol. The number of rotatable bonds is 5. The van der Waals surface area contributed by atoms with E-state index in [-0.39, 0.29) is 5.91 Å². The van der Waals surface area contributed by atoms with E-state index in [0.29, 0.717) is 6.54 Å². The van der Waals surface area contributed by atoms with Crippen molar-refractivity contribution >= 4 is 27.5 Å². The van der Waals surface area contributed by atoms with Gasteiger partial charge in [-0.15, -0.1) is 11.3 Å². The topological polar surface area (TPSA) is 34.0 Å². The summed E-state index contributed by atoms with van der Waals surface area (Å²) in [5.74, 6) is -0.0234. The summed E-state index contributed by atoms with van der Waals surface area (Å²) in [7, 11) is 0. The maximum Gasteiger partial charge on any atom is 0.268 e. The molecule has 4 heteroatoms. The third-order valence-electron chi connectivity index (χ3n) is 4.16. The number of carbonyl (C=O) groups is 1. The highest BCUT2D eigenvalue weighted by Crippen LogP contribution is 2.29. The van der Waals surface area contributed by atoms with E-state index in [2.05, 4.69) is 61.9 Å². The first-order valence-electron chi connectivity index (χ1n) is 8.51. The van der Waals surface area contributed by atoms with Crippen LogP contribution in [0.2, 0.25) is 0 Å². The number of hydrogen-bond donors (Lipinski definition) is 1. The van der Waals surface area contributed by atoms with Crippen LogP contribution in [-0.4, -0.2) is 10.5 Å². The first-order valence-corrected chi connectivity index (χ1v) is 9.32. The second-order valence-electron chi connectivity index (χ2n) is 6.70. The van der Waals surface area contributed by atoms with Gasteiger partial charge in [-0.2, -0.15) is 0 Å². The van der Waals surface area contributed by atoms with Gasteiger partial charge >= 0.3 is 0 Å². The minimum Gasteiger partial charge on any atom is -0.347 e. The van der Waals surface area contributed by atoms with Crippen LogP contribution in [0.1, 0.15) is 40.3 Å². The number of aryl methyl sites for hydroxylation is 2. The number of fused-ring (bicyclic) bond motifs is 1. The molecule has 3 rings (SSSR count). The van der Waals surface area contributed by atoms with Crippen molar-refractivity contribution in [3.8, 4) is 0 Å². The second-order valence-corrected chi connectivity index (χ2v) is 7.99. The van der Waals surface area contributed by atoms with Crippen LogP contribution in [0.15, 0.2) is 48.0 Å². The van der Waals surface area contributed by atoms with Gasteiger partial charge in [-0.3, -0.25) is 4.79 Å². The number of thiophene rings is 1. The summed E-state index contributed by atoms with van der Waals surface area (Å²) in [6.07, 6.45) is 2.16. The maximum absolute atomic E-state index is 12.8. The lowest BCUT2D eigenvalue weighted by molar-refractivity contribution is 0.0942. The van der Waals surface area contributed by atoms with E-state index in [9.17, 15) is 4.79 Å². The van der Waals surface area contributed by atoms with Gasteiger partial charge in [0.05, 0.1) is 10.2 Å². The molecule has 130 valence electrons. The van der Waals surface area contributed by atoms with Gasteiger partial charge in [0.15, 0.2) is 0 Å². The fourth-order valence-electron chi connectivity index (χ4n) is 2.92. The number of carbonyl (C=O) groups excluding carboxylic acids is 1. The zero-order chi connectivity index (χ0) is 18.0. The zero-order valence-electron chi connectivity index (χ0n) is 15.2. The molecule has 1 N–H and O–H groups in total. The van der Waals surface area contributed by atoms with Crippen molar-refractivity contribution in [2.75, 3.05) is 0 Å². The Morgan fingerprint density at radius 2 is 2.00 bits per heavy atom. The van der Waals surface area contributed by atoms with E-state index in [1.54, 1.807) is 11.3 Å². The molecule has 3 nitrogen and oxygen atoms in total. The van der Waals surface area contributed by atoms with E-state index in [1.165, 1.54) is 20.7 Å². The molecule has 0 aliphatic heterocycles. The van der Waals surface area contributed by atoms with E-state index in [1.807, 2.05) is 18.2 Å². The van der Waals surface area contributed by atoms with Gasteiger partial charge < -0.3 is 9.88 Å². The van der Waals surface area contributed by atoms with Crippen LogP contribution in [0.3, 0.4) is 0 Å². The highest BCUT2D eigenvalue weighted by Gasteiger charge is 2.16. The minimum absolute atomic E-state index is 0.0234. The van der Waals surface area contributed by atoms with Crippen molar-refractivity contribution in [2.24, 2.45) is 0 Å². The number of nitrogens with zero attached hydrogens (tertiary/aromatic N) is 1. The Morgan fingerprint density at radius 3 is 2.72 bits per heavy atom. The molecule has 0 aliphatic carbocycles. The molecule has 0 bridgehead atoms. The lowest BCUT2D eigenvalue weighted by Crippen LogP contribution is -2.25. The molecule has 2 aromatic heterocycles. The summed E-state index contributed by atoms with van der Waals surface area (Å²) < 4.78 is 3.28. The van der Waals surface area contributed by atoms with Crippen molar-refractivity contribution in [2.45, 2.75) is 40.8 Å². The molecule has 0 aliphatic rings. The van der Waals surface area contributed by atoms with Gasteiger partial charge in [0.1, 0.15) is 5.69 Å². The average Bonchev–Trinajstić information content (AvgIpc) is 3.06. The molecule has 0 atom stereocenters. The summed E-state index contributed by atoms with van der Waals surface area (Å²) in [6, 6.07) is 12.4. The van der Waals surface area contributed by atoms with Crippen molar-refractivity contribution < 1.29 is 4.79 Å². The molecule has 2 heterocycles. The zero-order valence-corrected chi connectivity index (χ0v) is 16.0. The van der Waals surface area contributed by atoms with Crippen molar-refractivity contribution in [1.29, 1.82) is 0 Å². The third kappa shape index (κ3) is 4.02. The number of amides is 1. The van der Waals surface area contributed by atoms with E-state index in [0.717, 1.165) is 23.3 Å². The van der Waals surface area contributed by atoms with E-state index in [4.69, 9.17) is 0 Å². The van der Waals surface area contributed by atoms with Crippen molar-refractivity contribution in [3.05, 3.63) is 69.7 Å². The summed E-state index contributed by atoms with van der Waals surface area (Å²) >= 11 is 1.73. The van der Waals surface area contributed by atoms with Gasteiger partial charge in [0.25, 0.3) is 5.91 Å². The Balaban J connectivity index is 1.85. The Labute approximate surface area is 153 Å². The highest BCUT2D eigenvalue weighted by atomic mass is 32.1. The molecule has 1 aromatic carbocycles. The van der Waals surface area contributed by atoms with Gasteiger partial charge in [-0.25, -0.2) is 0 Å². The average molecular weight is 353 g/mol. The molecule has 0 saturated heterocycles. The number of nitrogens with one attached hydrogen (secondary N) is 1. The van der Waals surface area contributed by atoms with Gasteiger partial charge in [-0.1, -0.05) is 41.5 Å². The molecule has 3 aromatic rings. The Bertz CT molecular complexity index is 942. The molecule has 0 spiro atoms. The Morgan fingerprint density at radius 1 is 1.20 bits per heavy atom. The van der Waals surface area contributed by atoms with E-state index >= 15 is 0 Å². The molecule has 0 saturated carbocycles. The Hall–Kier alpha value is -2.33. The Kier molecular flexibility index (Phi) is 5.09. The lowest BCUT2D eigenvalue weighted by Gasteiger charge is -2.10. The van der Waals surface area contributed by atoms with Gasteiger partial charge in [-0.05, 0) is 45.4 Å². The first-order chi connectivity index (χ1) is 11.9. The highest BCUT2D eigenvalue weighted by molar-refractivity contribution is 7.19. The SMILES string of the molecule is CC(C)=CCn1c(C(=O)NCc2cccc(C)c2)cc2sc(C)cc21. The minimum atomic E-state index is -0.0234. The molecule has 0 fully saturated rings. The lowest BCUT2D eigenvalue weighted by atomic mass is 10.1. The summed E-state index contributed by atoms with van der Waals surface area (Å²) in [4.78, 5) is 14.0. The number of hydrogen-bond acceptors (Lipinski definition) is 2. The van der Waals surface area contributed by atoms with E-state index < -0.39 is 0 Å². The quantitative estimate of drug-likeness (QED) is 0.628. The normalized spacial score (nSPS) is 10.9. The molecule has 1 amide bonds. The second kappa shape index (κ2) is 7.28. The van der Waals surface area contributed by atoms with Crippen molar-refractivity contribution in [1.82, 2.24) is 9.88 Å². The number of allylic oxidation sites excluding steroid dienone is 2. The van der Waals surface area contributed by atoms with Crippen LogP contribution in [0.5, 0.6) is 0 Å². The maximum atomic E-state index is 12.8. The van der Waals surface area contributed by atoms with Gasteiger partial charge in [0, 0.05) is 18.0 Å². The van der Waals surface area contributed by atoms with Crippen LogP contribution in [0, 0.1) is 13.8 Å².